The Kier molecular flexibility index (Phi) is 8.80. The molecule has 0 radical (unpaired) electrons. The van der Waals surface area contributed by atoms with Gasteiger partial charge in [0.05, 0.1) is 16.9 Å². The van der Waals surface area contributed by atoms with Crippen LogP contribution in [0.4, 0.5) is 33.5 Å². The Hall–Kier alpha value is -3.48. The Morgan fingerprint density at radius 3 is 2.55 bits per heavy atom. The largest absolute Gasteiger partial charge is 0.462 e. The van der Waals surface area contributed by atoms with Gasteiger partial charge in [0.1, 0.15) is 24.4 Å². The maximum absolute atomic E-state index is 15.5. The van der Waals surface area contributed by atoms with Crippen LogP contribution in [0, 0.1) is 18.7 Å². The monoisotopic (exact) mass is 622 g/mol. The summed E-state index contributed by atoms with van der Waals surface area (Å²) >= 11 is 0. The number of alkyl halides is 4. The number of benzene rings is 1. The molecule has 2 aliphatic heterocycles. The number of piperazine rings is 1. The number of nitrogens with zero attached hydrogens (tertiary/aromatic N) is 5. The van der Waals surface area contributed by atoms with Gasteiger partial charge >= 0.3 is 12.2 Å². The molecule has 3 heterocycles. The Morgan fingerprint density at radius 1 is 1.20 bits per heavy atom. The normalized spacial score (nSPS) is 26.1. The molecule has 2 saturated heterocycles. The van der Waals surface area contributed by atoms with Gasteiger partial charge in [0, 0.05) is 49.4 Å². The van der Waals surface area contributed by atoms with Crippen LogP contribution >= 0.6 is 0 Å². The summed E-state index contributed by atoms with van der Waals surface area (Å²) in [6.45, 7) is 10.4. The van der Waals surface area contributed by atoms with Crippen molar-refractivity contribution < 1.29 is 31.5 Å². The van der Waals surface area contributed by atoms with E-state index in [2.05, 4.69) is 16.5 Å². The Labute approximate surface area is 254 Å². The van der Waals surface area contributed by atoms with Gasteiger partial charge in [-0.1, -0.05) is 13.5 Å². The van der Waals surface area contributed by atoms with Crippen molar-refractivity contribution in [3.8, 4) is 6.01 Å². The number of amides is 1. The van der Waals surface area contributed by atoms with E-state index < -0.39 is 41.1 Å². The predicted octanol–water partition coefficient (Wildman–Crippen LogP) is 4.69. The summed E-state index contributed by atoms with van der Waals surface area (Å²) < 4.78 is 78.5. The van der Waals surface area contributed by atoms with Crippen molar-refractivity contribution in [2.75, 3.05) is 50.5 Å². The number of aryl methyl sites for hydroxylation is 1. The maximum Gasteiger partial charge on any atom is 0.417 e. The van der Waals surface area contributed by atoms with Crippen LogP contribution in [-0.4, -0.2) is 83.8 Å². The van der Waals surface area contributed by atoms with Crippen LogP contribution in [0.3, 0.4) is 0 Å². The fourth-order valence-electron chi connectivity index (χ4n) is 6.99. The topological polar surface area (TPSA) is 87.8 Å². The molecule has 44 heavy (non-hydrogen) atoms. The number of aromatic nitrogens is 2. The van der Waals surface area contributed by atoms with Crippen LogP contribution in [0.2, 0.25) is 0 Å². The van der Waals surface area contributed by atoms with Crippen molar-refractivity contribution in [1.82, 2.24) is 19.8 Å². The van der Waals surface area contributed by atoms with Crippen molar-refractivity contribution in [1.29, 1.82) is 0 Å². The quantitative estimate of drug-likeness (QED) is 0.284. The lowest BCUT2D eigenvalue weighted by molar-refractivity contribution is -0.139. The zero-order valence-electron chi connectivity index (χ0n) is 25.4. The molecule has 1 aromatic carbocycles. The average molecular weight is 623 g/mol. The number of carbonyl (C=O) groups is 1. The van der Waals surface area contributed by atoms with Crippen molar-refractivity contribution in [3.05, 3.63) is 52.5 Å². The number of hydrogen-bond acceptors (Lipinski definition) is 7. The highest BCUT2D eigenvalue weighted by atomic mass is 19.4. The van der Waals surface area contributed by atoms with Gasteiger partial charge in [0.15, 0.2) is 0 Å². The molecule has 13 heteroatoms. The Balaban J connectivity index is 1.55. The molecular formula is C31H39F5N6O2. The number of fused-ring (bicyclic) bond motifs is 1. The Bertz CT molecular complexity index is 1440. The van der Waals surface area contributed by atoms with E-state index in [0.29, 0.717) is 50.5 Å². The minimum absolute atomic E-state index is 0.0183. The summed E-state index contributed by atoms with van der Waals surface area (Å²) in [5.41, 5.74) is 5.16. The number of hydrogen-bond donors (Lipinski definition) is 1. The van der Waals surface area contributed by atoms with E-state index in [1.165, 1.54) is 13.0 Å². The number of anilines is 2. The number of likely N-dealkylation sites (tertiary alicyclic amines) is 1. The molecule has 1 aliphatic carbocycles. The smallest absolute Gasteiger partial charge is 0.417 e. The molecule has 1 amide bonds. The highest BCUT2D eigenvalue weighted by Gasteiger charge is 2.43. The van der Waals surface area contributed by atoms with E-state index in [4.69, 9.17) is 15.5 Å². The second-order valence-corrected chi connectivity index (χ2v) is 12.4. The number of ether oxygens (including phenoxy) is 1. The average Bonchev–Trinajstić information content (AvgIpc) is 3.28. The lowest BCUT2D eigenvalue weighted by Gasteiger charge is -2.42. The lowest BCUT2D eigenvalue weighted by atomic mass is 9.73. The van der Waals surface area contributed by atoms with Gasteiger partial charge in [-0.2, -0.15) is 23.1 Å². The first-order valence-corrected chi connectivity index (χ1v) is 14.9. The molecule has 3 aliphatic rings. The SMILES string of the molecule is C=CC(=O)N1CCN(c2nc(OCC3CC(F)CN3C)nc3c2CC(C)C(c2c(F)c(N)cc(C)c2C(F)(F)F)C3)C(C)C1. The first kappa shape index (κ1) is 31.9. The molecule has 0 saturated carbocycles. The highest BCUT2D eigenvalue weighted by molar-refractivity contribution is 5.87. The zero-order chi connectivity index (χ0) is 32.1. The summed E-state index contributed by atoms with van der Waals surface area (Å²) in [7, 11) is 1.81. The summed E-state index contributed by atoms with van der Waals surface area (Å²) in [6, 6.07) is 0.716. The van der Waals surface area contributed by atoms with E-state index >= 15 is 4.39 Å². The van der Waals surface area contributed by atoms with Gasteiger partial charge in [0.2, 0.25) is 5.91 Å². The summed E-state index contributed by atoms with van der Waals surface area (Å²) in [5, 5.41) is 0. The van der Waals surface area contributed by atoms with E-state index in [9.17, 15) is 22.4 Å². The van der Waals surface area contributed by atoms with Crippen LogP contribution in [0.5, 0.6) is 6.01 Å². The number of rotatable bonds is 6. The van der Waals surface area contributed by atoms with Crippen LogP contribution < -0.4 is 15.4 Å². The van der Waals surface area contributed by atoms with Crippen LogP contribution in [0.15, 0.2) is 18.7 Å². The number of likely N-dealkylation sites (N-methyl/N-ethyl adjacent to an activating group) is 1. The summed E-state index contributed by atoms with van der Waals surface area (Å²) in [6.07, 6.45) is -3.85. The third-order valence-corrected chi connectivity index (χ3v) is 9.28. The summed E-state index contributed by atoms with van der Waals surface area (Å²) in [4.78, 5) is 27.3. The maximum atomic E-state index is 15.5. The van der Waals surface area contributed by atoms with Crippen molar-refractivity contribution in [3.63, 3.8) is 0 Å². The van der Waals surface area contributed by atoms with Crippen LogP contribution in [-0.2, 0) is 23.8 Å². The van der Waals surface area contributed by atoms with E-state index in [0.717, 1.165) is 11.6 Å². The third-order valence-electron chi connectivity index (χ3n) is 9.28. The molecular weight excluding hydrogens is 583 g/mol. The number of nitrogen functional groups attached to an aromatic ring is 1. The second kappa shape index (κ2) is 12.1. The van der Waals surface area contributed by atoms with E-state index in [-0.39, 0.29) is 48.3 Å². The second-order valence-electron chi connectivity index (χ2n) is 12.4. The van der Waals surface area contributed by atoms with Gasteiger partial charge in [-0.15, -0.1) is 0 Å². The lowest BCUT2D eigenvalue weighted by Crippen LogP contribution is -2.54. The molecule has 5 atom stereocenters. The molecule has 0 spiro atoms. The molecule has 240 valence electrons. The zero-order valence-corrected chi connectivity index (χ0v) is 25.4. The van der Waals surface area contributed by atoms with Gasteiger partial charge in [0.25, 0.3) is 0 Å². The van der Waals surface area contributed by atoms with Crippen molar-refractivity contribution >= 4 is 17.4 Å². The van der Waals surface area contributed by atoms with Gasteiger partial charge in [-0.3, -0.25) is 9.69 Å². The van der Waals surface area contributed by atoms with Gasteiger partial charge in [-0.05, 0) is 69.7 Å². The van der Waals surface area contributed by atoms with E-state index in [1.54, 1.807) is 11.8 Å². The van der Waals surface area contributed by atoms with Crippen molar-refractivity contribution in [2.24, 2.45) is 5.92 Å². The molecule has 2 aromatic rings. The van der Waals surface area contributed by atoms with E-state index in [1.807, 2.05) is 18.9 Å². The molecule has 8 nitrogen and oxygen atoms in total. The fraction of sp³-hybridized carbons (Fsp3) is 0.581. The van der Waals surface area contributed by atoms with Crippen LogP contribution in [0.1, 0.15) is 54.1 Å². The molecule has 5 unspecified atom stereocenters. The van der Waals surface area contributed by atoms with Crippen molar-refractivity contribution in [2.45, 2.75) is 70.4 Å². The first-order chi connectivity index (χ1) is 20.7. The fourth-order valence-corrected chi connectivity index (χ4v) is 6.99. The number of nitrogens with two attached hydrogens (primary N) is 1. The molecule has 0 bridgehead atoms. The van der Waals surface area contributed by atoms with Crippen LogP contribution in [0.25, 0.3) is 0 Å². The Morgan fingerprint density at radius 2 is 1.93 bits per heavy atom. The number of halogens is 5. The standard InChI is InChI=1S/C31H39F5N6O2/c1-6-25(43)41-7-8-42(18(4)13-41)29-22-9-16(2)21(26-27(31(34,35)36)17(3)10-23(37)28(26)33)12-24(22)38-30(39-29)44-15-20-11-19(32)14-40(20)5/h6,10,16,18-21H,1,7-9,11-15,37H2,2-5H3. The number of carbonyl (C=O) groups excluding carboxylic acids is 1. The third kappa shape index (κ3) is 6.07. The molecule has 5 rings (SSSR count). The van der Waals surface area contributed by atoms with Gasteiger partial charge < -0.3 is 20.3 Å². The molecule has 1 aromatic heterocycles. The molecule has 2 N–H and O–H groups in total. The minimum atomic E-state index is -4.78. The minimum Gasteiger partial charge on any atom is -0.462 e. The predicted molar refractivity (Wildman–Crippen MR) is 157 cm³/mol. The summed E-state index contributed by atoms with van der Waals surface area (Å²) in [5.74, 6) is -1.91. The first-order valence-electron chi connectivity index (χ1n) is 14.9. The highest BCUT2D eigenvalue weighted by Crippen LogP contribution is 2.47. The molecule has 2 fully saturated rings. The van der Waals surface area contributed by atoms with Gasteiger partial charge in [-0.25, -0.2) is 8.78 Å².